The van der Waals surface area contributed by atoms with Gasteiger partial charge in [0.1, 0.15) is 5.76 Å². The van der Waals surface area contributed by atoms with E-state index in [4.69, 9.17) is 10.2 Å². The number of nitrogens with zero attached hydrogens (tertiary/aromatic N) is 1. The topological polar surface area (TPSA) is 67.8 Å². The third-order valence-corrected chi connectivity index (χ3v) is 2.19. The fourth-order valence-corrected chi connectivity index (χ4v) is 1.46. The number of imidazole rings is 1. The summed E-state index contributed by atoms with van der Waals surface area (Å²) in [7, 11) is 0. The van der Waals surface area contributed by atoms with Crippen molar-refractivity contribution in [3.05, 3.63) is 35.5 Å². The van der Waals surface area contributed by atoms with Gasteiger partial charge in [-0.05, 0) is 25.5 Å². The monoisotopic (exact) mass is 191 g/mol. The second-order valence-electron chi connectivity index (χ2n) is 3.27. The minimum absolute atomic E-state index is 0.483. The molecular formula is C10H13N3O. The van der Waals surface area contributed by atoms with Crippen molar-refractivity contribution in [2.75, 3.05) is 5.73 Å². The van der Waals surface area contributed by atoms with Crippen molar-refractivity contribution in [3.63, 3.8) is 0 Å². The summed E-state index contributed by atoms with van der Waals surface area (Å²) >= 11 is 0. The summed E-state index contributed by atoms with van der Waals surface area (Å²) in [5.41, 5.74) is 7.59. The Hall–Kier alpha value is -1.71. The molecule has 0 saturated carbocycles. The standard InChI is InChI=1S/C10H13N3O/c1-7-9(13-10(11)12-7)5-4-8-3-2-6-14-8/h2-3,6H,4-5H2,1H3,(H3,11,12,13). The van der Waals surface area contributed by atoms with Gasteiger partial charge < -0.3 is 15.1 Å². The van der Waals surface area contributed by atoms with Crippen molar-refractivity contribution >= 4 is 5.95 Å². The van der Waals surface area contributed by atoms with Crippen LogP contribution in [0.15, 0.2) is 22.8 Å². The Morgan fingerprint density at radius 2 is 2.36 bits per heavy atom. The van der Waals surface area contributed by atoms with E-state index in [2.05, 4.69) is 9.97 Å². The van der Waals surface area contributed by atoms with Gasteiger partial charge in [-0.25, -0.2) is 4.98 Å². The Kier molecular flexibility index (Phi) is 2.26. The lowest BCUT2D eigenvalue weighted by Crippen LogP contribution is -1.92. The number of aryl methyl sites for hydroxylation is 3. The van der Waals surface area contributed by atoms with Gasteiger partial charge in [0.05, 0.1) is 12.0 Å². The zero-order valence-electron chi connectivity index (χ0n) is 8.08. The van der Waals surface area contributed by atoms with Gasteiger partial charge >= 0.3 is 0 Å². The van der Waals surface area contributed by atoms with Crippen LogP contribution in [0, 0.1) is 6.92 Å². The average molecular weight is 191 g/mol. The number of nitrogens with two attached hydrogens (primary N) is 1. The van der Waals surface area contributed by atoms with Crippen molar-refractivity contribution in [1.82, 2.24) is 9.97 Å². The number of hydrogen-bond donors (Lipinski definition) is 2. The third-order valence-electron chi connectivity index (χ3n) is 2.19. The summed E-state index contributed by atoms with van der Waals surface area (Å²) in [6.45, 7) is 1.97. The molecule has 0 aliphatic carbocycles. The molecule has 0 fully saturated rings. The number of anilines is 1. The number of furan rings is 1. The highest BCUT2D eigenvalue weighted by Gasteiger charge is 2.05. The van der Waals surface area contributed by atoms with Crippen molar-refractivity contribution in [2.24, 2.45) is 0 Å². The smallest absolute Gasteiger partial charge is 0.197 e. The van der Waals surface area contributed by atoms with Crippen molar-refractivity contribution in [3.8, 4) is 0 Å². The van der Waals surface area contributed by atoms with Gasteiger partial charge in [0, 0.05) is 12.1 Å². The number of nitrogens with one attached hydrogen (secondary N) is 1. The molecular weight excluding hydrogens is 178 g/mol. The van der Waals surface area contributed by atoms with E-state index in [1.54, 1.807) is 6.26 Å². The molecule has 74 valence electrons. The summed E-state index contributed by atoms with van der Waals surface area (Å²) in [6, 6.07) is 3.85. The summed E-state index contributed by atoms with van der Waals surface area (Å²) < 4.78 is 5.23. The molecule has 0 aliphatic heterocycles. The molecule has 0 saturated heterocycles. The van der Waals surface area contributed by atoms with Crippen molar-refractivity contribution in [2.45, 2.75) is 19.8 Å². The Bertz CT molecular complexity index is 403. The van der Waals surface area contributed by atoms with E-state index in [9.17, 15) is 0 Å². The van der Waals surface area contributed by atoms with Crippen LogP contribution in [0.3, 0.4) is 0 Å². The largest absolute Gasteiger partial charge is 0.469 e. The highest BCUT2D eigenvalue weighted by Crippen LogP contribution is 2.10. The van der Waals surface area contributed by atoms with E-state index in [1.807, 2.05) is 19.1 Å². The minimum Gasteiger partial charge on any atom is -0.469 e. The number of aromatic amines is 1. The van der Waals surface area contributed by atoms with E-state index in [1.165, 1.54) is 0 Å². The van der Waals surface area contributed by atoms with Crippen LogP contribution in [0.4, 0.5) is 5.95 Å². The van der Waals surface area contributed by atoms with Crippen molar-refractivity contribution < 1.29 is 4.42 Å². The molecule has 0 radical (unpaired) electrons. The predicted molar refractivity (Wildman–Crippen MR) is 53.9 cm³/mol. The molecule has 3 N–H and O–H groups in total. The van der Waals surface area contributed by atoms with Gasteiger partial charge in [0.25, 0.3) is 0 Å². The summed E-state index contributed by atoms with van der Waals surface area (Å²) in [5.74, 6) is 1.46. The fourth-order valence-electron chi connectivity index (χ4n) is 1.46. The number of hydrogen-bond acceptors (Lipinski definition) is 3. The maximum atomic E-state index is 5.54. The van der Waals surface area contributed by atoms with Gasteiger partial charge in [-0.2, -0.15) is 0 Å². The number of aromatic nitrogens is 2. The molecule has 14 heavy (non-hydrogen) atoms. The van der Waals surface area contributed by atoms with Gasteiger partial charge in [-0.3, -0.25) is 0 Å². The SMILES string of the molecule is Cc1[nH]c(N)nc1CCc1ccco1. The maximum Gasteiger partial charge on any atom is 0.197 e. The normalized spacial score (nSPS) is 10.6. The minimum atomic E-state index is 0.483. The Labute approximate surface area is 82.1 Å². The van der Waals surface area contributed by atoms with Gasteiger partial charge in [0.15, 0.2) is 5.95 Å². The Morgan fingerprint density at radius 1 is 1.50 bits per heavy atom. The van der Waals surface area contributed by atoms with Crippen LogP contribution in [0.25, 0.3) is 0 Å². The van der Waals surface area contributed by atoms with Crippen LogP contribution < -0.4 is 5.73 Å². The van der Waals surface area contributed by atoms with E-state index < -0.39 is 0 Å². The molecule has 0 unspecified atom stereocenters. The molecule has 0 aliphatic rings. The molecule has 2 heterocycles. The maximum absolute atomic E-state index is 5.54. The first kappa shape index (κ1) is 8.87. The van der Waals surface area contributed by atoms with Gasteiger partial charge in [-0.15, -0.1) is 0 Å². The average Bonchev–Trinajstić information content (AvgIpc) is 2.72. The molecule has 0 bridgehead atoms. The van der Waals surface area contributed by atoms with E-state index in [0.717, 1.165) is 30.0 Å². The summed E-state index contributed by atoms with van der Waals surface area (Å²) in [6.07, 6.45) is 3.40. The molecule has 2 aromatic rings. The second kappa shape index (κ2) is 3.57. The van der Waals surface area contributed by atoms with Gasteiger partial charge in [-0.1, -0.05) is 0 Å². The first-order chi connectivity index (χ1) is 6.75. The third kappa shape index (κ3) is 1.79. The van der Waals surface area contributed by atoms with Crippen LogP contribution in [-0.2, 0) is 12.8 Å². The first-order valence-corrected chi connectivity index (χ1v) is 4.59. The summed E-state index contributed by atoms with van der Waals surface area (Å²) in [5, 5.41) is 0. The lowest BCUT2D eigenvalue weighted by molar-refractivity contribution is 0.507. The zero-order chi connectivity index (χ0) is 9.97. The highest BCUT2D eigenvalue weighted by atomic mass is 16.3. The molecule has 2 aromatic heterocycles. The van der Waals surface area contributed by atoms with E-state index in [0.29, 0.717) is 5.95 Å². The lowest BCUT2D eigenvalue weighted by Gasteiger charge is -1.95. The summed E-state index contributed by atoms with van der Waals surface area (Å²) in [4.78, 5) is 7.16. The number of nitrogen functional groups attached to an aromatic ring is 1. The molecule has 0 atom stereocenters. The van der Waals surface area contributed by atoms with Gasteiger partial charge in [0.2, 0.25) is 0 Å². The quantitative estimate of drug-likeness (QED) is 0.775. The molecule has 0 aromatic carbocycles. The lowest BCUT2D eigenvalue weighted by atomic mass is 10.2. The Morgan fingerprint density at radius 3 is 2.93 bits per heavy atom. The van der Waals surface area contributed by atoms with Crippen LogP contribution in [-0.4, -0.2) is 9.97 Å². The van der Waals surface area contributed by atoms with Crippen LogP contribution in [0.2, 0.25) is 0 Å². The van der Waals surface area contributed by atoms with E-state index in [-0.39, 0.29) is 0 Å². The van der Waals surface area contributed by atoms with Crippen LogP contribution in [0.5, 0.6) is 0 Å². The second-order valence-corrected chi connectivity index (χ2v) is 3.27. The number of rotatable bonds is 3. The van der Waals surface area contributed by atoms with Crippen LogP contribution >= 0.6 is 0 Å². The van der Waals surface area contributed by atoms with Crippen LogP contribution in [0.1, 0.15) is 17.1 Å². The van der Waals surface area contributed by atoms with E-state index >= 15 is 0 Å². The zero-order valence-corrected chi connectivity index (χ0v) is 8.08. The predicted octanol–water partition coefficient (Wildman–Crippen LogP) is 1.68. The molecule has 2 rings (SSSR count). The Balaban J connectivity index is 2.01. The molecule has 0 spiro atoms. The fraction of sp³-hybridized carbons (Fsp3) is 0.300. The molecule has 4 nitrogen and oxygen atoms in total. The number of H-pyrrole nitrogens is 1. The molecule has 4 heteroatoms. The highest BCUT2D eigenvalue weighted by molar-refractivity contribution is 5.25. The van der Waals surface area contributed by atoms with Crippen molar-refractivity contribution in [1.29, 1.82) is 0 Å². The first-order valence-electron chi connectivity index (χ1n) is 4.59. The molecule has 0 amide bonds.